The van der Waals surface area contributed by atoms with Crippen molar-refractivity contribution >= 4 is 27.9 Å². The molecule has 1 aromatic carbocycles. The molecule has 3 rings (SSSR count). The number of nitrogens with zero attached hydrogens (tertiary/aromatic N) is 2. The van der Waals surface area contributed by atoms with Crippen molar-refractivity contribution in [2.75, 3.05) is 5.32 Å². The van der Waals surface area contributed by atoms with E-state index in [2.05, 4.69) is 10.3 Å². The molecule has 102 valence electrons. The summed E-state index contributed by atoms with van der Waals surface area (Å²) in [5.74, 6) is -0.713. The van der Waals surface area contributed by atoms with Crippen LogP contribution in [0.1, 0.15) is 11.3 Å². The lowest BCUT2D eigenvalue weighted by Crippen LogP contribution is -2.15. The second kappa shape index (κ2) is 5.05. The molecule has 20 heavy (non-hydrogen) atoms. The number of hydrogen-bond donors (Lipinski definition) is 1. The van der Waals surface area contributed by atoms with Gasteiger partial charge in [0.25, 0.3) is 0 Å². The predicted molar refractivity (Wildman–Crippen MR) is 76.5 cm³/mol. The third-order valence-corrected chi connectivity index (χ3v) is 3.65. The molecule has 2 heterocycles. The third-order valence-electron chi connectivity index (χ3n) is 2.88. The minimum absolute atomic E-state index is 0.127. The Hall–Kier alpha value is -2.21. The van der Waals surface area contributed by atoms with Crippen LogP contribution in [0.4, 0.5) is 10.1 Å². The van der Waals surface area contributed by atoms with Crippen LogP contribution in [0.25, 0.3) is 4.96 Å². The molecule has 0 saturated carbocycles. The van der Waals surface area contributed by atoms with Crippen LogP contribution in [0.3, 0.4) is 0 Å². The van der Waals surface area contributed by atoms with Crippen molar-refractivity contribution in [3.05, 3.63) is 53.0 Å². The van der Waals surface area contributed by atoms with Gasteiger partial charge in [0.05, 0.1) is 17.8 Å². The van der Waals surface area contributed by atoms with Gasteiger partial charge in [-0.1, -0.05) is 6.07 Å². The molecular weight excluding hydrogens is 277 g/mol. The number of benzene rings is 1. The molecule has 0 bridgehead atoms. The van der Waals surface area contributed by atoms with E-state index in [1.54, 1.807) is 18.3 Å². The maximum Gasteiger partial charge on any atom is 0.230 e. The highest BCUT2D eigenvalue weighted by Gasteiger charge is 2.11. The number of imidazole rings is 1. The number of aryl methyl sites for hydroxylation is 1. The summed E-state index contributed by atoms with van der Waals surface area (Å²) in [5, 5.41) is 4.50. The van der Waals surface area contributed by atoms with Gasteiger partial charge in [-0.3, -0.25) is 9.20 Å². The number of amides is 1. The number of aromatic nitrogens is 2. The minimum atomic E-state index is -0.435. The second-order valence-electron chi connectivity index (χ2n) is 4.53. The van der Waals surface area contributed by atoms with Gasteiger partial charge in [-0.05, 0) is 24.6 Å². The van der Waals surface area contributed by atoms with Gasteiger partial charge in [0, 0.05) is 17.8 Å². The molecule has 0 aliphatic carbocycles. The number of carbonyl (C=O) groups excluding carboxylic acids is 1. The van der Waals surface area contributed by atoms with Gasteiger partial charge < -0.3 is 5.32 Å². The molecule has 0 unspecified atom stereocenters. The molecule has 0 spiro atoms. The lowest BCUT2D eigenvalue weighted by Gasteiger charge is -2.06. The largest absolute Gasteiger partial charge is 0.323 e. The molecule has 0 atom stereocenters. The summed E-state index contributed by atoms with van der Waals surface area (Å²) in [6.07, 6.45) is 3.81. The molecule has 0 fully saturated rings. The average Bonchev–Trinajstić information content (AvgIpc) is 2.94. The number of nitrogens with one attached hydrogen (secondary N) is 1. The van der Waals surface area contributed by atoms with Crippen molar-refractivity contribution in [1.82, 2.24) is 9.38 Å². The average molecular weight is 289 g/mol. The van der Waals surface area contributed by atoms with Gasteiger partial charge in [-0.2, -0.15) is 0 Å². The molecule has 0 aliphatic rings. The zero-order chi connectivity index (χ0) is 14.1. The number of fused-ring (bicyclic) bond motifs is 1. The highest BCUT2D eigenvalue weighted by Crippen LogP contribution is 2.16. The Morgan fingerprint density at radius 1 is 1.50 bits per heavy atom. The van der Waals surface area contributed by atoms with E-state index in [9.17, 15) is 9.18 Å². The van der Waals surface area contributed by atoms with E-state index in [0.29, 0.717) is 5.69 Å². The molecule has 2 aromatic heterocycles. The van der Waals surface area contributed by atoms with E-state index >= 15 is 0 Å². The predicted octanol–water partition coefficient (Wildman–Crippen LogP) is 3.02. The van der Waals surface area contributed by atoms with Crippen LogP contribution in [0, 0.1) is 12.7 Å². The maximum absolute atomic E-state index is 13.6. The van der Waals surface area contributed by atoms with Crippen molar-refractivity contribution in [2.45, 2.75) is 13.3 Å². The van der Waals surface area contributed by atoms with Gasteiger partial charge in [0.15, 0.2) is 4.96 Å². The van der Waals surface area contributed by atoms with Crippen LogP contribution in [0.5, 0.6) is 0 Å². The number of rotatable bonds is 3. The highest BCUT2D eigenvalue weighted by atomic mass is 32.1. The van der Waals surface area contributed by atoms with Crippen LogP contribution >= 0.6 is 11.3 Å². The number of halogens is 1. The van der Waals surface area contributed by atoms with E-state index < -0.39 is 5.82 Å². The van der Waals surface area contributed by atoms with E-state index in [4.69, 9.17) is 0 Å². The standard InChI is InChI=1S/C14H12FN3OS/c1-9-2-3-11(15)12(6-9)17-13(19)7-10-8-18-4-5-20-14(18)16-10/h2-6,8H,7H2,1H3,(H,17,19). The van der Waals surface area contributed by atoms with Gasteiger partial charge in [-0.15, -0.1) is 11.3 Å². The third kappa shape index (κ3) is 2.55. The smallest absolute Gasteiger partial charge is 0.230 e. The van der Waals surface area contributed by atoms with E-state index in [-0.39, 0.29) is 18.0 Å². The lowest BCUT2D eigenvalue weighted by molar-refractivity contribution is -0.115. The highest BCUT2D eigenvalue weighted by molar-refractivity contribution is 7.15. The van der Waals surface area contributed by atoms with Crippen LogP contribution in [0.15, 0.2) is 36.0 Å². The van der Waals surface area contributed by atoms with Gasteiger partial charge in [0.2, 0.25) is 5.91 Å². The maximum atomic E-state index is 13.6. The quantitative estimate of drug-likeness (QED) is 0.805. The Morgan fingerprint density at radius 2 is 2.35 bits per heavy atom. The van der Waals surface area contributed by atoms with Crippen LogP contribution < -0.4 is 5.32 Å². The van der Waals surface area contributed by atoms with Crippen molar-refractivity contribution in [1.29, 1.82) is 0 Å². The molecule has 1 amide bonds. The van der Waals surface area contributed by atoms with Gasteiger partial charge in [-0.25, -0.2) is 9.37 Å². The Bertz CT molecular complexity index is 749. The Morgan fingerprint density at radius 3 is 3.15 bits per heavy atom. The number of anilines is 1. The molecule has 6 heteroatoms. The number of hydrogen-bond acceptors (Lipinski definition) is 3. The van der Waals surface area contributed by atoms with Crippen molar-refractivity contribution in [3.8, 4) is 0 Å². The fourth-order valence-electron chi connectivity index (χ4n) is 1.96. The molecule has 0 radical (unpaired) electrons. The zero-order valence-electron chi connectivity index (χ0n) is 10.8. The molecule has 0 saturated heterocycles. The summed E-state index contributed by atoms with van der Waals surface area (Å²) in [6, 6.07) is 4.62. The fraction of sp³-hybridized carbons (Fsp3) is 0.143. The molecule has 4 nitrogen and oxygen atoms in total. The summed E-state index contributed by atoms with van der Waals surface area (Å²) < 4.78 is 15.4. The monoisotopic (exact) mass is 289 g/mol. The summed E-state index contributed by atoms with van der Waals surface area (Å²) in [7, 11) is 0. The molecular formula is C14H12FN3OS. The number of carbonyl (C=O) groups is 1. The van der Waals surface area contributed by atoms with Crippen LogP contribution in [-0.2, 0) is 11.2 Å². The molecule has 0 aliphatic heterocycles. The first-order valence-corrected chi connectivity index (χ1v) is 6.97. The first-order valence-electron chi connectivity index (χ1n) is 6.09. The normalized spacial score (nSPS) is 10.9. The topological polar surface area (TPSA) is 46.4 Å². The van der Waals surface area contributed by atoms with Gasteiger partial charge >= 0.3 is 0 Å². The fourth-order valence-corrected chi connectivity index (χ4v) is 2.67. The molecule has 3 aromatic rings. The Balaban J connectivity index is 1.73. The van der Waals surface area contributed by atoms with E-state index in [1.165, 1.54) is 17.4 Å². The van der Waals surface area contributed by atoms with Crippen molar-refractivity contribution in [3.63, 3.8) is 0 Å². The number of thiazole rings is 1. The zero-order valence-corrected chi connectivity index (χ0v) is 11.6. The first kappa shape index (κ1) is 12.8. The summed E-state index contributed by atoms with van der Waals surface area (Å²) >= 11 is 1.50. The molecule has 1 N–H and O–H groups in total. The second-order valence-corrected chi connectivity index (χ2v) is 5.41. The first-order chi connectivity index (χ1) is 9.61. The summed E-state index contributed by atoms with van der Waals surface area (Å²) in [6.45, 7) is 1.85. The SMILES string of the molecule is Cc1ccc(F)c(NC(=O)Cc2cn3ccsc3n2)c1. The lowest BCUT2D eigenvalue weighted by atomic mass is 10.2. The minimum Gasteiger partial charge on any atom is -0.323 e. The Labute approximate surface area is 118 Å². The van der Waals surface area contributed by atoms with Crippen molar-refractivity contribution in [2.24, 2.45) is 0 Å². The summed E-state index contributed by atoms with van der Waals surface area (Å²) in [4.78, 5) is 17.1. The van der Waals surface area contributed by atoms with Crippen LogP contribution in [0.2, 0.25) is 0 Å². The van der Waals surface area contributed by atoms with E-state index in [0.717, 1.165) is 10.5 Å². The summed E-state index contributed by atoms with van der Waals surface area (Å²) in [5.41, 5.74) is 1.77. The van der Waals surface area contributed by atoms with Gasteiger partial charge in [0.1, 0.15) is 5.82 Å². The van der Waals surface area contributed by atoms with E-state index in [1.807, 2.05) is 22.9 Å². The van der Waals surface area contributed by atoms with Crippen LogP contribution in [-0.4, -0.2) is 15.3 Å². The van der Waals surface area contributed by atoms with Crippen molar-refractivity contribution < 1.29 is 9.18 Å². The Kier molecular flexibility index (Phi) is 3.23.